The van der Waals surface area contributed by atoms with Gasteiger partial charge in [-0.15, -0.1) is 0 Å². The second-order valence-corrected chi connectivity index (χ2v) is 5.29. The first-order chi connectivity index (χ1) is 10.6. The molecule has 0 spiro atoms. The van der Waals surface area contributed by atoms with Gasteiger partial charge in [0.25, 0.3) is 5.78 Å². The fraction of sp³-hybridized carbons (Fsp3) is 0. The third-order valence-electron chi connectivity index (χ3n) is 3.24. The van der Waals surface area contributed by atoms with Crippen molar-refractivity contribution in [3.05, 3.63) is 58.5 Å². The summed E-state index contributed by atoms with van der Waals surface area (Å²) in [5.74, 6) is -0.166. The van der Waals surface area contributed by atoms with Crippen LogP contribution in [-0.4, -0.2) is 15.8 Å². The number of rotatable bonds is 2. The van der Waals surface area contributed by atoms with E-state index in [0.717, 1.165) is 0 Å². The van der Waals surface area contributed by atoms with Gasteiger partial charge in [0, 0.05) is 12.4 Å². The van der Waals surface area contributed by atoms with E-state index in [9.17, 15) is 4.79 Å². The predicted octanol–water partition coefficient (Wildman–Crippen LogP) is 4.51. The molecule has 7 heteroatoms. The van der Waals surface area contributed by atoms with E-state index in [0.29, 0.717) is 21.9 Å². The standard InChI is InChI=1S/C15H6Cl2N2O3/c16-14-7-5-11(21-9(7)1-3-18-14)13(20)12-6-8-10(22-12)2-4-19-15(8)17/h1-6H. The number of carbonyl (C=O) groups is 1. The summed E-state index contributed by atoms with van der Waals surface area (Å²) < 4.78 is 11.0. The molecule has 4 heterocycles. The van der Waals surface area contributed by atoms with Crippen molar-refractivity contribution >= 4 is 50.9 Å². The molecule has 0 saturated carbocycles. The van der Waals surface area contributed by atoms with Crippen molar-refractivity contribution in [2.75, 3.05) is 0 Å². The summed E-state index contributed by atoms with van der Waals surface area (Å²) in [6.07, 6.45) is 3.02. The molecule has 0 aliphatic heterocycles. The molecular formula is C15H6Cl2N2O3. The number of pyridine rings is 2. The van der Waals surface area contributed by atoms with Gasteiger partial charge in [-0.2, -0.15) is 0 Å². The topological polar surface area (TPSA) is 69.1 Å². The second-order valence-electron chi connectivity index (χ2n) is 4.58. The minimum Gasteiger partial charge on any atom is -0.452 e. The monoisotopic (exact) mass is 332 g/mol. The van der Waals surface area contributed by atoms with Gasteiger partial charge in [0.1, 0.15) is 21.5 Å². The van der Waals surface area contributed by atoms with Crippen LogP contribution >= 0.6 is 23.2 Å². The average molecular weight is 333 g/mol. The van der Waals surface area contributed by atoms with Crippen molar-refractivity contribution in [2.45, 2.75) is 0 Å². The summed E-state index contributed by atoms with van der Waals surface area (Å²) in [4.78, 5) is 20.4. The molecule has 0 amide bonds. The summed E-state index contributed by atoms with van der Waals surface area (Å²) in [5, 5.41) is 1.70. The zero-order valence-electron chi connectivity index (χ0n) is 10.8. The number of nitrogens with zero attached hydrogens (tertiary/aromatic N) is 2. The summed E-state index contributed by atoms with van der Waals surface area (Å²) in [5.41, 5.74) is 0.971. The van der Waals surface area contributed by atoms with E-state index in [1.165, 1.54) is 12.4 Å². The van der Waals surface area contributed by atoms with Crippen LogP contribution in [0, 0.1) is 0 Å². The smallest absolute Gasteiger partial charge is 0.263 e. The van der Waals surface area contributed by atoms with Gasteiger partial charge in [-0.1, -0.05) is 23.2 Å². The first kappa shape index (κ1) is 13.3. The Morgan fingerprint density at radius 1 is 0.864 bits per heavy atom. The van der Waals surface area contributed by atoms with Crippen LogP contribution in [0.25, 0.3) is 21.9 Å². The zero-order valence-corrected chi connectivity index (χ0v) is 12.4. The third kappa shape index (κ3) is 1.98. The maximum absolute atomic E-state index is 12.5. The van der Waals surface area contributed by atoms with Gasteiger partial charge in [0.2, 0.25) is 0 Å². The third-order valence-corrected chi connectivity index (χ3v) is 3.84. The molecule has 4 aromatic rings. The molecule has 0 fully saturated rings. The molecule has 0 aliphatic carbocycles. The molecular weight excluding hydrogens is 327 g/mol. The molecule has 0 N–H and O–H groups in total. The van der Waals surface area contributed by atoms with E-state index in [2.05, 4.69) is 9.97 Å². The highest BCUT2D eigenvalue weighted by molar-refractivity contribution is 6.34. The van der Waals surface area contributed by atoms with Gasteiger partial charge in [0.15, 0.2) is 11.5 Å². The van der Waals surface area contributed by atoms with Crippen molar-refractivity contribution in [2.24, 2.45) is 0 Å². The Hall–Kier alpha value is -2.37. The SMILES string of the molecule is O=C(c1cc2c(Cl)nccc2o1)c1cc2c(Cl)nccc2o1. The van der Waals surface area contributed by atoms with E-state index < -0.39 is 5.78 Å². The number of aromatic nitrogens is 2. The highest BCUT2D eigenvalue weighted by atomic mass is 35.5. The van der Waals surface area contributed by atoms with Crippen LogP contribution in [0.4, 0.5) is 0 Å². The van der Waals surface area contributed by atoms with Crippen LogP contribution in [-0.2, 0) is 0 Å². The normalized spacial score (nSPS) is 11.4. The van der Waals surface area contributed by atoms with Crippen molar-refractivity contribution in [3.8, 4) is 0 Å². The molecule has 4 aromatic heterocycles. The molecule has 5 nitrogen and oxygen atoms in total. The minimum atomic E-state index is -0.403. The fourth-order valence-electron chi connectivity index (χ4n) is 2.21. The lowest BCUT2D eigenvalue weighted by molar-refractivity contribution is 0.0987. The lowest BCUT2D eigenvalue weighted by atomic mass is 10.2. The van der Waals surface area contributed by atoms with Crippen molar-refractivity contribution in [1.82, 2.24) is 9.97 Å². The number of fused-ring (bicyclic) bond motifs is 2. The van der Waals surface area contributed by atoms with Crippen molar-refractivity contribution in [3.63, 3.8) is 0 Å². The Labute approximate surface area is 133 Å². The molecule has 108 valence electrons. The number of ketones is 1. The number of hydrogen-bond donors (Lipinski definition) is 0. The molecule has 0 saturated heterocycles. The molecule has 0 aromatic carbocycles. The van der Waals surface area contributed by atoms with E-state index in [-0.39, 0.29) is 21.8 Å². The maximum Gasteiger partial charge on any atom is 0.263 e. The van der Waals surface area contributed by atoms with Crippen molar-refractivity contribution < 1.29 is 13.6 Å². The van der Waals surface area contributed by atoms with E-state index in [1.54, 1.807) is 24.3 Å². The van der Waals surface area contributed by atoms with Gasteiger partial charge >= 0.3 is 0 Å². The molecule has 22 heavy (non-hydrogen) atoms. The van der Waals surface area contributed by atoms with Crippen molar-refractivity contribution in [1.29, 1.82) is 0 Å². The second kappa shape index (κ2) is 4.83. The maximum atomic E-state index is 12.5. The lowest BCUT2D eigenvalue weighted by Gasteiger charge is -1.90. The molecule has 0 unspecified atom stereocenters. The van der Waals surface area contributed by atoms with Gasteiger partial charge in [-0.05, 0) is 24.3 Å². The summed E-state index contributed by atoms with van der Waals surface area (Å²) in [7, 11) is 0. The zero-order chi connectivity index (χ0) is 15.3. The highest BCUT2D eigenvalue weighted by Crippen LogP contribution is 2.29. The predicted molar refractivity (Wildman–Crippen MR) is 81.5 cm³/mol. The van der Waals surface area contributed by atoms with Crippen LogP contribution in [0.1, 0.15) is 16.3 Å². The van der Waals surface area contributed by atoms with Gasteiger partial charge < -0.3 is 8.83 Å². The minimum absolute atomic E-state index is 0.119. The van der Waals surface area contributed by atoms with Crippen LogP contribution in [0.2, 0.25) is 10.3 Å². The molecule has 0 aliphatic rings. The van der Waals surface area contributed by atoms with E-state index >= 15 is 0 Å². The van der Waals surface area contributed by atoms with Gasteiger partial charge in [-0.3, -0.25) is 4.79 Å². The Morgan fingerprint density at radius 3 is 1.73 bits per heavy atom. The summed E-state index contributed by atoms with van der Waals surface area (Å²) >= 11 is 11.9. The molecule has 0 radical (unpaired) electrons. The Kier molecular flexibility index (Phi) is 2.92. The van der Waals surface area contributed by atoms with Crippen LogP contribution in [0.5, 0.6) is 0 Å². The van der Waals surface area contributed by atoms with Crippen LogP contribution in [0.3, 0.4) is 0 Å². The fourth-order valence-corrected chi connectivity index (χ4v) is 2.61. The average Bonchev–Trinajstić information content (AvgIpc) is 3.11. The quantitative estimate of drug-likeness (QED) is 0.399. The van der Waals surface area contributed by atoms with Crippen LogP contribution in [0.15, 0.2) is 45.5 Å². The summed E-state index contributed by atoms with van der Waals surface area (Å²) in [6.45, 7) is 0. The number of halogens is 2. The Morgan fingerprint density at radius 2 is 1.32 bits per heavy atom. The highest BCUT2D eigenvalue weighted by Gasteiger charge is 2.20. The molecule has 0 bridgehead atoms. The van der Waals surface area contributed by atoms with Gasteiger partial charge in [0.05, 0.1) is 10.8 Å². The largest absolute Gasteiger partial charge is 0.452 e. The lowest BCUT2D eigenvalue weighted by Crippen LogP contribution is -1.96. The van der Waals surface area contributed by atoms with E-state index in [1.807, 2.05) is 0 Å². The van der Waals surface area contributed by atoms with E-state index in [4.69, 9.17) is 32.0 Å². The first-order valence-corrected chi connectivity index (χ1v) is 7.02. The molecule has 4 rings (SSSR count). The number of carbonyl (C=O) groups excluding carboxylic acids is 1. The van der Waals surface area contributed by atoms with Crippen LogP contribution < -0.4 is 0 Å². The summed E-state index contributed by atoms with van der Waals surface area (Å²) in [6, 6.07) is 6.36. The Bertz CT molecular complexity index is 954. The molecule has 0 atom stereocenters. The van der Waals surface area contributed by atoms with Gasteiger partial charge in [-0.25, -0.2) is 9.97 Å². The first-order valence-electron chi connectivity index (χ1n) is 6.26. The number of hydrogen-bond acceptors (Lipinski definition) is 5. The number of furan rings is 2. The Balaban J connectivity index is 1.84.